The molecule has 4 rings (SSSR count). The molecule has 0 spiro atoms. The molecule has 3 atom stereocenters. The van der Waals surface area contributed by atoms with Crippen LogP contribution in [0.3, 0.4) is 0 Å². The van der Waals surface area contributed by atoms with E-state index >= 15 is 0 Å². The summed E-state index contributed by atoms with van der Waals surface area (Å²) in [5.41, 5.74) is 2.99. The summed E-state index contributed by atoms with van der Waals surface area (Å²) in [5.74, 6) is 0.535. The lowest BCUT2D eigenvalue weighted by Gasteiger charge is -2.41. The van der Waals surface area contributed by atoms with E-state index in [9.17, 15) is 5.11 Å². The Morgan fingerprint density at radius 1 is 0.917 bits per heavy atom. The molecular formula is C22H27NO. The van der Waals surface area contributed by atoms with Crippen molar-refractivity contribution in [2.45, 2.75) is 43.6 Å². The lowest BCUT2D eigenvalue weighted by molar-refractivity contribution is 0.183. The summed E-state index contributed by atoms with van der Waals surface area (Å²) in [5, 5.41) is 10.3. The van der Waals surface area contributed by atoms with E-state index in [4.69, 9.17) is 0 Å². The number of anilines is 1. The normalized spacial score (nSPS) is 30.0. The molecule has 0 bridgehead atoms. The van der Waals surface area contributed by atoms with Crippen LogP contribution in [0.25, 0.3) is 0 Å². The van der Waals surface area contributed by atoms with E-state index in [-0.39, 0.29) is 18.1 Å². The lowest BCUT2D eigenvalue weighted by atomic mass is 9.67. The van der Waals surface area contributed by atoms with Gasteiger partial charge < -0.3 is 10.0 Å². The fourth-order valence-corrected chi connectivity index (χ4v) is 5.36. The van der Waals surface area contributed by atoms with Crippen LogP contribution in [0.2, 0.25) is 0 Å². The van der Waals surface area contributed by atoms with Gasteiger partial charge in [0.15, 0.2) is 0 Å². The Labute approximate surface area is 145 Å². The first-order valence-corrected chi connectivity index (χ1v) is 9.33. The molecule has 1 N–H and O–H groups in total. The zero-order valence-electron chi connectivity index (χ0n) is 14.3. The first-order chi connectivity index (χ1) is 11.8. The molecule has 2 aliphatic rings. The molecule has 0 amide bonds. The van der Waals surface area contributed by atoms with Crippen molar-refractivity contribution in [2.24, 2.45) is 5.92 Å². The minimum atomic E-state index is 0.220. The van der Waals surface area contributed by atoms with Gasteiger partial charge in [0, 0.05) is 17.6 Å². The molecule has 2 aromatic carbocycles. The average Bonchev–Trinajstić information content (AvgIpc) is 3.00. The monoisotopic (exact) mass is 321 g/mol. The molecule has 3 unspecified atom stereocenters. The molecule has 24 heavy (non-hydrogen) atoms. The molecule has 1 aliphatic carbocycles. The maximum Gasteiger partial charge on any atom is 0.0638 e. The zero-order chi connectivity index (χ0) is 16.4. The Morgan fingerprint density at radius 3 is 2.29 bits per heavy atom. The number of rotatable bonds is 3. The highest BCUT2D eigenvalue weighted by molar-refractivity contribution is 5.48. The summed E-state index contributed by atoms with van der Waals surface area (Å²) in [4.78, 5) is 2.47. The lowest BCUT2D eigenvalue weighted by Crippen LogP contribution is -2.47. The van der Waals surface area contributed by atoms with Crippen LogP contribution in [-0.2, 0) is 5.41 Å². The van der Waals surface area contributed by atoms with Gasteiger partial charge in [0.1, 0.15) is 0 Å². The Balaban J connectivity index is 1.74. The van der Waals surface area contributed by atoms with E-state index in [0.717, 1.165) is 6.54 Å². The second-order valence-electron chi connectivity index (χ2n) is 7.40. The molecule has 2 fully saturated rings. The molecule has 2 heteroatoms. The number of hydrogen-bond acceptors (Lipinski definition) is 2. The van der Waals surface area contributed by atoms with Crippen LogP contribution in [0.15, 0.2) is 60.7 Å². The van der Waals surface area contributed by atoms with Crippen molar-refractivity contribution in [1.82, 2.24) is 0 Å². The van der Waals surface area contributed by atoms with Crippen molar-refractivity contribution in [3.05, 3.63) is 66.2 Å². The third-order valence-corrected chi connectivity index (χ3v) is 6.36. The Hall–Kier alpha value is -1.80. The maximum absolute atomic E-state index is 10.3. The smallest absolute Gasteiger partial charge is 0.0638 e. The molecule has 1 saturated carbocycles. The molecule has 0 aromatic heterocycles. The van der Waals surface area contributed by atoms with Gasteiger partial charge >= 0.3 is 0 Å². The number of hydrogen-bond donors (Lipinski definition) is 1. The Bertz CT molecular complexity index is 656. The number of para-hydroxylation sites is 1. The van der Waals surface area contributed by atoms with E-state index in [1.165, 1.54) is 43.4 Å². The molecule has 1 heterocycles. The third kappa shape index (κ3) is 2.53. The highest BCUT2D eigenvalue weighted by Gasteiger charge is 2.49. The van der Waals surface area contributed by atoms with Crippen LogP contribution in [-0.4, -0.2) is 24.3 Å². The SMILES string of the molecule is OCC1C2CCCC2(c2ccccc2)CCCN1c1ccccc1. The van der Waals surface area contributed by atoms with E-state index < -0.39 is 0 Å². The summed E-state index contributed by atoms with van der Waals surface area (Å²) in [6.07, 6.45) is 6.20. The van der Waals surface area contributed by atoms with Crippen LogP contribution < -0.4 is 4.90 Å². The van der Waals surface area contributed by atoms with Gasteiger partial charge in [0.05, 0.1) is 12.6 Å². The minimum Gasteiger partial charge on any atom is -0.394 e. The fraction of sp³-hybridized carbons (Fsp3) is 0.455. The number of benzene rings is 2. The minimum absolute atomic E-state index is 0.220. The molecule has 2 aromatic rings. The molecule has 126 valence electrons. The molecule has 1 aliphatic heterocycles. The standard InChI is InChI=1S/C22H27NO/c24-17-21-20-13-7-14-22(20,18-9-3-1-4-10-18)15-8-16-23(21)19-11-5-2-6-12-19/h1-6,9-12,20-21,24H,7-8,13-17H2. The maximum atomic E-state index is 10.3. The second-order valence-corrected chi connectivity index (χ2v) is 7.40. The van der Waals surface area contributed by atoms with E-state index in [0.29, 0.717) is 5.92 Å². The summed E-state index contributed by atoms with van der Waals surface area (Å²) in [6.45, 7) is 1.29. The number of nitrogens with zero attached hydrogens (tertiary/aromatic N) is 1. The summed E-state index contributed by atoms with van der Waals surface area (Å²) < 4.78 is 0. The first-order valence-electron chi connectivity index (χ1n) is 9.33. The molecule has 2 nitrogen and oxygen atoms in total. The van der Waals surface area contributed by atoms with Gasteiger partial charge in [0.25, 0.3) is 0 Å². The van der Waals surface area contributed by atoms with Crippen LogP contribution in [0.4, 0.5) is 5.69 Å². The van der Waals surface area contributed by atoms with Gasteiger partial charge in [-0.1, -0.05) is 55.0 Å². The van der Waals surface area contributed by atoms with Crippen molar-refractivity contribution in [3.63, 3.8) is 0 Å². The van der Waals surface area contributed by atoms with Gasteiger partial charge in [-0.05, 0) is 49.3 Å². The van der Waals surface area contributed by atoms with Crippen molar-refractivity contribution in [3.8, 4) is 0 Å². The van der Waals surface area contributed by atoms with E-state index in [2.05, 4.69) is 65.6 Å². The van der Waals surface area contributed by atoms with Crippen molar-refractivity contribution in [1.29, 1.82) is 0 Å². The quantitative estimate of drug-likeness (QED) is 0.906. The summed E-state index contributed by atoms with van der Waals surface area (Å²) in [7, 11) is 0. The third-order valence-electron chi connectivity index (χ3n) is 6.36. The van der Waals surface area contributed by atoms with Gasteiger partial charge in [-0.2, -0.15) is 0 Å². The molecular weight excluding hydrogens is 294 g/mol. The number of aliphatic hydroxyl groups is 1. The van der Waals surface area contributed by atoms with E-state index in [1.807, 2.05) is 0 Å². The molecule has 1 saturated heterocycles. The van der Waals surface area contributed by atoms with Gasteiger partial charge in [-0.25, -0.2) is 0 Å². The van der Waals surface area contributed by atoms with Crippen molar-refractivity contribution in [2.75, 3.05) is 18.1 Å². The van der Waals surface area contributed by atoms with Crippen LogP contribution in [0.1, 0.15) is 37.7 Å². The second kappa shape index (κ2) is 6.60. The topological polar surface area (TPSA) is 23.5 Å². The Morgan fingerprint density at radius 2 is 1.58 bits per heavy atom. The van der Waals surface area contributed by atoms with Gasteiger partial charge in [-0.15, -0.1) is 0 Å². The van der Waals surface area contributed by atoms with Gasteiger partial charge in [0.2, 0.25) is 0 Å². The van der Waals surface area contributed by atoms with Crippen molar-refractivity contribution >= 4 is 5.69 Å². The largest absolute Gasteiger partial charge is 0.394 e. The number of aliphatic hydroxyl groups excluding tert-OH is 1. The summed E-state index contributed by atoms with van der Waals surface area (Å²) in [6, 6.07) is 22.0. The highest BCUT2D eigenvalue weighted by atomic mass is 16.3. The van der Waals surface area contributed by atoms with Gasteiger partial charge in [-0.3, -0.25) is 0 Å². The predicted octanol–water partition coefficient (Wildman–Crippen LogP) is 4.39. The Kier molecular flexibility index (Phi) is 4.32. The van der Waals surface area contributed by atoms with Crippen molar-refractivity contribution < 1.29 is 5.11 Å². The van der Waals surface area contributed by atoms with Crippen LogP contribution in [0, 0.1) is 5.92 Å². The number of fused-ring (bicyclic) bond motifs is 1. The summed E-state index contributed by atoms with van der Waals surface area (Å²) >= 11 is 0. The highest BCUT2D eigenvalue weighted by Crippen LogP contribution is 2.52. The average molecular weight is 321 g/mol. The van der Waals surface area contributed by atoms with Crippen LogP contribution in [0.5, 0.6) is 0 Å². The molecule has 0 radical (unpaired) electrons. The van der Waals surface area contributed by atoms with Crippen LogP contribution >= 0.6 is 0 Å². The fourth-order valence-electron chi connectivity index (χ4n) is 5.36. The first kappa shape index (κ1) is 15.7. The van der Waals surface area contributed by atoms with E-state index in [1.54, 1.807) is 0 Å². The zero-order valence-corrected chi connectivity index (χ0v) is 14.3. The predicted molar refractivity (Wildman–Crippen MR) is 99.4 cm³/mol.